The van der Waals surface area contributed by atoms with Gasteiger partial charge in [-0.1, -0.05) is 43.3 Å². The van der Waals surface area contributed by atoms with E-state index in [9.17, 15) is 9.59 Å². The van der Waals surface area contributed by atoms with Gasteiger partial charge in [-0.3, -0.25) is 9.59 Å². The Balaban J connectivity index is 1.57. The molecule has 3 rings (SSSR count). The fourth-order valence-electron chi connectivity index (χ4n) is 2.92. The van der Waals surface area contributed by atoms with Crippen LogP contribution in [0.15, 0.2) is 66.7 Å². The predicted octanol–water partition coefficient (Wildman–Crippen LogP) is 4.81. The lowest BCUT2D eigenvalue weighted by molar-refractivity contribution is -0.114. The van der Waals surface area contributed by atoms with Gasteiger partial charge >= 0.3 is 0 Å². The van der Waals surface area contributed by atoms with E-state index in [0.717, 1.165) is 28.6 Å². The van der Waals surface area contributed by atoms with Crippen LogP contribution in [0.25, 0.3) is 10.8 Å². The van der Waals surface area contributed by atoms with Crippen molar-refractivity contribution in [3.8, 4) is 0 Å². The number of fused-ring (bicyclic) bond motifs is 1. The first-order valence-corrected chi connectivity index (χ1v) is 9.82. The molecule has 5 nitrogen and oxygen atoms in total. The second kappa shape index (κ2) is 8.78. The largest absolute Gasteiger partial charge is 0.376 e. The average molecular weight is 389 g/mol. The summed E-state index contributed by atoms with van der Waals surface area (Å²) < 4.78 is 0. The SMILES string of the molecule is CCC(C)(C)NC(=O)c1ccc(NCC(=O)Nc2cccc3ccccc23)cc1. The Bertz CT molecular complexity index is 1000. The minimum Gasteiger partial charge on any atom is -0.376 e. The Morgan fingerprint density at radius 3 is 2.31 bits per heavy atom. The first-order chi connectivity index (χ1) is 13.9. The fraction of sp³-hybridized carbons (Fsp3) is 0.250. The van der Waals surface area contributed by atoms with E-state index in [4.69, 9.17) is 0 Å². The van der Waals surface area contributed by atoms with Crippen molar-refractivity contribution in [2.75, 3.05) is 17.2 Å². The molecular weight excluding hydrogens is 362 g/mol. The summed E-state index contributed by atoms with van der Waals surface area (Å²) in [5, 5.41) is 11.1. The van der Waals surface area contributed by atoms with Gasteiger partial charge in [0.1, 0.15) is 0 Å². The molecule has 150 valence electrons. The summed E-state index contributed by atoms with van der Waals surface area (Å²) >= 11 is 0. The Labute approximate surface area is 171 Å². The minimum atomic E-state index is -0.242. The van der Waals surface area contributed by atoms with Gasteiger partial charge in [-0.2, -0.15) is 0 Å². The van der Waals surface area contributed by atoms with Crippen molar-refractivity contribution >= 4 is 34.0 Å². The summed E-state index contributed by atoms with van der Waals surface area (Å²) in [6.07, 6.45) is 0.851. The van der Waals surface area contributed by atoms with Crippen molar-refractivity contribution in [3.63, 3.8) is 0 Å². The molecule has 0 saturated heterocycles. The molecule has 0 aromatic heterocycles. The van der Waals surface area contributed by atoms with Crippen LogP contribution in [0.1, 0.15) is 37.6 Å². The number of anilines is 2. The lowest BCUT2D eigenvalue weighted by Crippen LogP contribution is -2.42. The maximum Gasteiger partial charge on any atom is 0.251 e. The number of benzene rings is 3. The van der Waals surface area contributed by atoms with Gasteiger partial charge in [0.2, 0.25) is 5.91 Å². The molecule has 0 bridgehead atoms. The van der Waals surface area contributed by atoms with E-state index in [1.54, 1.807) is 24.3 Å². The summed E-state index contributed by atoms with van der Waals surface area (Å²) in [4.78, 5) is 24.7. The molecule has 0 aliphatic heterocycles. The van der Waals surface area contributed by atoms with Crippen molar-refractivity contribution in [1.29, 1.82) is 0 Å². The molecule has 29 heavy (non-hydrogen) atoms. The number of rotatable bonds is 7. The molecule has 0 spiro atoms. The maximum absolute atomic E-state index is 12.4. The molecule has 0 saturated carbocycles. The normalized spacial score (nSPS) is 11.1. The topological polar surface area (TPSA) is 70.2 Å². The van der Waals surface area contributed by atoms with Gasteiger partial charge in [0.25, 0.3) is 5.91 Å². The average Bonchev–Trinajstić information content (AvgIpc) is 2.72. The molecule has 2 amide bonds. The molecule has 0 fully saturated rings. The first-order valence-electron chi connectivity index (χ1n) is 9.82. The molecule has 0 radical (unpaired) electrons. The first kappa shape index (κ1) is 20.4. The van der Waals surface area contributed by atoms with Gasteiger partial charge in [0.15, 0.2) is 0 Å². The molecule has 3 N–H and O–H groups in total. The summed E-state index contributed by atoms with van der Waals surface area (Å²) in [7, 11) is 0. The quantitative estimate of drug-likeness (QED) is 0.543. The van der Waals surface area contributed by atoms with Gasteiger partial charge in [0, 0.05) is 27.9 Å². The number of carbonyl (C=O) groups excluding carboxylic acids is 2. The van der Waals surface area contributed by atoms with Crippen LogP contribution >= 0.6 is 0 Å². The van der Waals surface area contributed by atoms with E-state index in [2.05, 4.69) is 16.0 Å². The van der Waals surface area contributed by atoms with Crippen LogP contribution in [0.3, 0.4) is 0 Å². The summed E-state index contributed by atoms with van der Waals surface area (Å²) in [5.74, 6) is -0.232. The van der Waals surface area contributed by atoms with E-state index in [1.807, 2.05) is 63.2 Å². The smallest absolute Gasteiger partial charge is 0.251 e. The Morgan fingerprint density at radius 1 is 0.897 bits per heavy atom. The second-order valence-electron chi connectivity index (χ2n) is 7.70. The van der Waals surface area contributed by atoms with E-state index < -0.39 is 0 Å². The second-order valence-corrected chi connectivity index (χ2v) is 7.70. The van der Waals surface area contributed by atoms with Gasteiger partial charge < -0.3 is 16.0 Å². The van der Waals surface area contributed by atoms with Crippen LogP contribution in [0, 0.1) is 0 Å². The third-order valence-electron chi connectivity index (χ3n) is 5.00. The molecule has 0 heterocycles. The zero-order chi connectivity index (χ0) is 20.9. The Kier molecular flexibility index (Phi) is 6.17. The molecule has 5 heteroatoms. The zero-order valence-electron chi connectivity index (χ0n) is 17.1. The maximum atomic E-state index is 12.4. The molecule has 3 aromatic rings. The van der Waals surface area contributed by atoms with E-state index in [-0.39, 0.29) is 23.9 Å². The third-order valence-corrected chi connectivity index (χ3v) is 5.00. The van der Waals surface area contributed by atoms with Gasteiger partial charge in [-0.25, -0.2) is 0 Å². The van der Waals surface area contributed by atoms with E-state index >= 15 is 0 Å². The number of nitrogens with one attached hydrogen (secondary N) is 3. The van der Waals surface area contributed by atoms with Crippen LogP contribution in [0.2, 0.25) is 0 Å². The highest BCUT2D eigenvalue weighted by molar-refractivity contribution is 6.03. The van der Waals surface area contributed by atoms with Crippen molar-refractivity contribution in [1.82, 2.24) is 5.32 Å². The lowest BCUT2D eigenvalue weighted by Gasteiger charge is -2.24. The van der Waals surface area contributed by atoms with E-state index in [1.165, 1.54) is 0 Å². The number of amides is 2. The van der Waals surface area contributed by atoms with Crippen LogP contribution in [0.5, 0.6) is 0 Å². The van der Waals surface area contributed by atoms with Crippen LogP contribution in [-0.2, 0) is 4.79 Å². The van der Waals surface area contributed by atoms with Gasteiger partial charge in [-0.05, 0) is 56.0 Å². The van der Waals surface area contributed by atoms with Gasteiger partial charge in [-0.15, -0.1) is 0 Å². The standard InChI is InChI=1S/C24H27N3O2/c1-4-24(2,3)27-23(29)18-12-14-19(15-13-18)25-16-22(28)26-21-11-7-9-17-8-5-6-10-20(17)21/h5-15,25H,4,16H2,1-3H3,(H,26,28)(H,27,29). The number of carbonyl (C=O) groups is 2. The number of hydrogen-bond acceptors (Lipinski definition) is 3. The Morgan fingerprint density at radius 2 is 1.59 bits per heavy atom. The number of hydrogen-bond donors (Lipinski definition) is 3. The monoisotopic (exact) mass is 389 g/mol. The molecule has 0 unspecified atom stereocenters. The molecule has 3 aromatic carbocycles. The van der Waals surface area contributed by atoms with Crippen LogP contribution < -0.4 is 16.0 Å². The van der Waals surface area contributed by atoms with E-state index in [0.29, 0.717) is 5.56 Å². The molecule has 0 atom stereocenters. The fourth-order valence-corrected chi connectivity index (χ4v) is 2.92. The highest BCUT2D eigenvalue weighted by atomic mass is 16.2. The third kappa shape index (κ3) is 5.35. The predicted molar refractivity (Wildman–Crippen MR) is 119 cm³/mol. The van der Waals surface area contributed by atoms with Crippen molar-refractivity contribution in [2.45, 2.75) is 32.7 Å². The summed E-state index contributed by atoms with van der Waals surface area (Å²) in [6.45, 7) is 6.17. The summed E-state index contributed by atoms with van der Waals surface area (Å²) in [5.41, 5.74) is 1.93. The van der Waals surface area contributed by atoms with Crippen LogP contribution in [-0.4, -0.2) is 23.9 Å². The highest BCUT2D eigenvalue weighted by Gasteiger charge is 2.18. The molecule has 0 aliphatic rings. The zero-order valence-corrected chi connectivity index (χ0v) is 17.1. The summed E-state index contributed by atoms with van der Waals surface area (Å²) in [6, 6.07) is 20.9. The van der Waals surface area contributed by atoms with Crippen molar-refractivity contribution in [2.24, 2.45) is 0 Å². The van der Waals surface area contributed by atoms with Crippen LogP contribution in [0.4, 0.5) is 11.4 Å². The van der Waals surface area contributed by atoms with Crippen molar-refractivity contribution in [3.05, 3.63) is 72.3 Å². The van der Waals surface area contributed by atoms with Crippen molar-refractivity contribution < 1.29 is 9.59 Å². The molecule has 0 aliphatic carbocycles. The molecular formula is C24H27N3O2. The van der Waals surface area contributed by atoms with Gasteiger partial charge in [0.05, 0.1) is 6.54 Å². The highest BCUT2D eigenvalue weighted by Crippen LogP contribution is 2.22. The minimum absolute atomic E-state index is 0.0999. The lowest BCUT2D eigenvalue weighted by atomic mass is 10.0. The Hall–Kier alpha value is -3.34.